The van der Waals surface area contributed by atoms with Gasteiger partial charge in [0.15, 0.2) is 0 Å². The summed E-state index contributed by atoms with van der Waals surface area (Å²) in [6.07, 6.45) is 7.12. The van der Waals surface area contributed by atoms with E-state index in [0.717, 1.165) is 49.0 Å². The molecule has 0 aliphatic heterocycles. The van der Waals surface area contributed by atoms with E-state index in [-0.39, 0.29) is 18.0 Å². The lowest BCUT2D eigenvalue weighted by Gasteiger charge is -2.18. The summed E-state index contributed by atoms with van der Waals surface area (Å²) < 4.78 is 1.50. The Balaban J connectivity index is 1.69. The molecule has 1 aliphatic rings. The Morgan fingerprint density at radius 3 is 2.65 bits per heavy atom. The van der Waals surface area contributed by atoms with Gasteiger partial charge in [-0.2, -0.15) is 0 Å². The summed E-state index contributed by atoms with van der Waals surface area (Å²) in [6.45, 7) is 3.97. The number of hydrogen-bond donors (Lipinski definition) is 1. The van der Waals surface area contributed by atoms with Crippen molar-refractivity contribution in [3.63, 3.8) is 0 Å². The fourth-order valence-electron chi connectivity index (χ4n) is 3.47. The second-order valence-electron chi connectivity index (χ2n) is 7.03. The molecule has 26 heavy (non-hydrogen) atoms. The van der Waals surface area contributed by atoms with Crippen LogP contribution in [0, 0.1) is 6.92 Å². The normalized spacial score (nSPS) is 13.3. The molecule has 5 heteroatoms. The lowest BCUT2D eigenvalue weighted by atomic mass is 9.97. The topological polar surface area (TPSA) is 64.0 Å². The number of aromatic nitrogens is 2. The Bertz CT molecular complexity index is 838. The molecule has 0 saturated heterocycles. The highest BCUT2D eigenvalue weighted by atomic mass is 16.2. The molecule has 1 N–H and O–H groups in total. The number of fused-ring (bicyclic) bond motifs is 1. The molecule has 1 aromatic carbocycles. The summed E-state index contributed by atoms with van der Waals surface area (Å²) in [5, 5.41) is 2.88. The number of nitrogens with one attached hydrogen (secondary N) is 1. The van der Waals surface area contributed by atoms with Crippen LogP contribution in [0.2, 0.25) is 0 Å². The third-order valence-corrected chi connectivity index (χ3v) is 4.99. The fraction of sp³-hybridized carbons (Fsp3) is 0.476. The first-order valence-corrected chi connectivity index (χ1v) is 9.56. The summed E-state index contributed by atoms with van der Waals surface area (Å²) in [4.78, 5) is 29.7. The van der Waals surface area contributed by atoms with Crippen LogP contribution in [0.1, 0.15) is 55.3 Å². The van der Waals surface area contributed by atoms with Gasteiger partial charge in [0.1, 0.15) is 12.4 Å². The summed E-state index contributed by atoms with van der Waals surface area (Å²) in [6, 6.07) is 7.93. The molecule has 1 amide bonds. The van der Waals surface area contributed by atoms with Gasteiger partial charge < -0.3 is 5.32 Å². The van der Waals surface area contributed by atoms with Gasteiger partial charge >= 0.3 is 0 Å². The molecule has 1 aliphatic carbocycles. The van der Waals surface area contributed by atoms with Crippen LogP contribution in [0.5, 0.6) is 0 Å². The Kier molecular flexibility index (Phi) is 5.86. The third kappa shape index (κ3) is 4.21. The van der Waals surface area contributed by atoms with E-state index in [1.165, 1.54) is 23.0 Å². The number of amides is 1. The molecule has 3 rings (SSSR count). The predicted molar refractivity (Wildman–Crippen MR) is 104 cm³/mol. The van der Waals surface area contributed by atoms with Crippen LogP contribution in [-0.4, -0.2) is 15.5 Å². The second-order valence-corrected chi connectivity index (χ2v) is 7.03. The van der Waals surface area contributed by atoms with Crippen LogP contribution in [0.25, 0.3) is 0 Å². The van der Waals surface area contributed by atoms with E-state index >= 15 is 0 Å². The number of hydrogen-bond acceptors (Lipinski definition) is 3. The third-order valence-electron chi connectivity index (χ3n) is 4.99. The quantitative estimate of drug-likeness (QED) is 0.865. The molecule has 0 atom stereocenters. The van der Waals surface area contributed by atoms with Gasteiger partial charge in [0.25, 0.3) is 5.56 Å². The number of anilines is 1. The number of nitrogens with zero attached hydrogens (tertiary/aromatic N) is 2. The zero-order chi connectivity index (χ0) is 18.5. The summed E-state index contributed by atoms with van der Waals surface area (Å²) in [7, 11) is 0. The smallest absolute Gasteiger partial charge is 0.257 e. The minimum absolute atomic E-state index is 0.00251. The van der Waals surface area contributed by atoms with Gasteiger partial charge in [0, 0.05) is 11.3 Å². The van der Waals surface area contributed by atoms with Crippen molar-refractivity contribution in [2.45, 2.75) is 65.3 Å². The van der Waals surface area contributed by atoms with E-state index in [4.69, 9.17) is 0 Å². The Morgan fingerprint density at radius 1 is 1.19 bits per heavy atom. The monoisotopic (exact) mass is 353 g/mol. The van der Waals surface area contributed by atoms with Gasteiger partial charge in [-0.05, 0) is 63.1 Å². The van der Waals surface area contributed by atoms with E-state index in [0.29, 0.717) is 5.82 Å². The van der Waals surface area contributed by atoms with Crippen molar-refractivity contribution in [3.05, 3.63) is 57.3 Å². The van der Waals surface area contributed by atoms with Gasteiger partial charge in [-0.25, -0.2) is 4.98 Å². The maximum atomic E-state index is 12.7. The maximum Gasteiger partial charge on any atom is 0.257 e. The van der Waals surface area contributed by atoms with Crippen molar-refractivity contribution in [1.29, 1.82) is 0 Å². The van der Waals surface area contributed by atoms with Crippen molar-refractivity contribution >= 4 is 11.6 Å². The van der Waals surface area contributed by atoms with Crippen molar-refractivity contribution in [2.75, 3.05) is 5.32 Å². The number of carbonyl (C=O) groups is 1. The van der Waals surface area contributed by atoms with Gasteiger partial charge in [-0.1, -0.05) is 25.5 Å². The number of rotatable bonds is 6. The Hall–Kier alpha value is -2.43. The van der Waals surface area contributed by atoms with E-state index in [1.54, 1.807) is 6.92 Å². The highest BCUT2D eigenvalue weighted by Crippen LogP contribution is 2.16. The van der Waals surface area contributed by atoms with Gasteiger partial charge in [0.2, 0.25) is 5.91 Å². The maximum absolute atomic E-state index is 12.7. The number of unbranched alkanes of at least 4 members (excludes halogenated alkanes) is 1. The molecule has 0 spiro atoms. The first-order chi connectivity index (χ1) is 12.6. The zero-order valence-corrected chi connectivity index (χ0v) is 15.7. The van der Waals surface area contributed by atoms with Crippen LogP contribution in [0.15, 0.2) is 29.1 Å². The number of carbonyl (C=O) groups excluding carboxylic acids is 1. The number of aryl methyl sites for hydroxylation is 3. The molecule has 0 bridgehead atoms. The standard InChI is InChI=1S/C21H27N3O2/c1-3-4-7-16-10-12-17(13-11-16)23-20(25)14-24-15(2)22-19-9-6-5-8-18(19)21(24)26/h10-13H,3-9,14H2,1-2H3,(H,23,25). The Morgan fingerprint density at radius 2 is 1.92 bits per heavy atom. The van der Waals surface area contributed by atoms with Crippen LogP contribution < -0.4 is 10.9 Å². The number of benzene rings is 1. The zero-order valence-electron chi connectivity index (χ0n) is 15.7. The van der Waals surface area contributed by atoms with Crippen LogP contribution in [-0.2, 0) is 30.6 Å². The minimum Gasteiger partial charge on any atom is -0.325 e. The second kappa shape index (κ2) is 8.30. The van der Waals surface area contributed by atoms with Crippen molar-refractivity contribution < 1.29 is 4.79 Å². The fourth-order valence-corrected chi connectivity index (χ4v) is 3.47. The van der Waals surface area contributed by atoms with E-state index < -0.39 is 0 Å². The summed E-state index contributed by atoms with van der Waals surface area (Å²) >= 11 is 0. The molecular weight excluding hydrogens is 326 g/mol. The summed E-state index contributed by atoms with van der Waals surface area (Å²) in [5.41, 5.74) is 3.67. The predicted octanol–water partition coefficient (Wildman–Crippen LogP) is 3.41. The van der Waals surface area contributed by atoms with Crippen molar-refractivity contribution in [2.24, 2.45) is 0 Å². The first kappa shape index (κ1) is 18.4. The molecule has 2 aromatic rings. The molecule has 1 heterocycles. The molecule has 0 saturated carbocycles. The van der Waals surface area contributed by atoms with Crippen molar-refractivity contribution in [3.8, 4) is 0 Å². The Labute approximate surface area is 154 Å². The van der Waals surface area contributed by atoms with Crippen LogP contribution >= 0.6 is 0 Å². The van der Waals surface area contributed by atoms with E-state index in [9.17, 15) is 9.59 Å². The minimum atomic E-state index is -0.200. The molecule has 0 radical (unpaired) electrons. The molecule has 0 unspecified atom stereocenters. The highest BCUT2D eigenvalue weighted by Gasteiger charge is 2.19. The van der Waals surface area contributed by atoms with Gasteiger partial charge in [-0.15, -0.1) is 0 Å². The molecule has 138 valence electrons. The average Bonchev–Trinajstić information content (AvgIpc) is 2.64. The molecule has 1 aromatic heterocycles. The van der Waals surface area contributed by atoms with Crippen LogP contribution in [0.3, 0.4) is 0 Å². The van der Waals surface area contributed by atoms with E-state index in [1.807, 2.05) is 24.3 Å². The molecular formula is C21H27N3O2. The van der Waals surface area contributed by atoms with E-state index in [2.05, 4.69) is 17.2 Å². The van der Waals surface area contributed by atoms with Gasteiger partial charge in [-0.3, -0.25) is 14.2 Å². The van der Waals surface area contributed by atoms with Gasteiger partial charge in [0.05, 0.1) is 5.69 Å². The highest BCUT2D eigenvalue weighted by molar-refractivity contribution is 5.90. The lowest BCUT2D eigenvalue weighted by Crippen LogP contribution is -2.34. The molecule has 0 fully saturated rings. The summed E-state index contributed by atoms with van der Waals surface area (Å²) in [5.74, 6) is 0.412. The first-order valence-electron chi connectivity index (χ1n) is 9.56. The van der Waals surface area contributed by atoms with Crippen LogP contribution in [0.4, 0.5) is 5.69 Å². The average molecular weight is 353 g/mol. The SMILES string of the molecule is CCCCc1ccc(NC(=O)Cn2c(C)nc3c(c2=O)CCCC3)cc1. The molecule has 5 nitrogen and oxygen atoms in total. The van der Waals surface area contributed by atoms with Crippen molar-refractivity contribution in [1.82, 2.24) is 9.55 Å². The largest absolute Gasteiger partial charge is 0.325 e. The lowest BCUT2D eigenvalue weighted by molar-refractivity contribution is -0.116.